The number of rotatable bonds is 24. The fourth-order valence-electron chi connectivity index (χ4n) is 3.93. The topological polar surface area (TPSA) is 9.23 Å². The minimum atomic E-state index is 0.918. The monoisotopic (exact) mass is 406 g/mol. The van der Waals surface area contributed by atoms with Crippen LogP contribution in [0, 0.1) is 0 Å². The smallest absolute Gasteiger partial charge is 0.0964 e. The Bertz CT molecular complexity index is 323. The minimum absolute atomic E-state index is 0.918. The van der Waals surface area contributed by atoms with Crippen molar-refractivity contribution in [3.63, 3.8) is 0 Å². The molecule has 172 valence electrons. The Labute approximate surface area is 184 Å². The average Bonchev–Trinajstić information content (AvgIpc) is 2.70. The van der Waals surface area contributed by atoms with Crippen molar-refractivity contribution >= 4 is 0 Å². The Morgan fingerprint density at radius 1 is 0.414 bits per heavy atom. The molecule has 1 heteroatoms. The van der Waals surface area contributed by atoms with Gasteiger partial charge in [-0.3, -0.25) is 0 Å². The van der Waals surface area contributed by atoms with Crippen molar-refractivity contribution in [1.29, 1.82) is 0 Å². The number of ether oxygens (including phenoxy) is 1. The summed E-state index contributed by atoms with van der Waals surface area (Å²) in [4.78, 5) is 0. The fourth-order valence-corrected chi connectivity index (χ4v) is 3.93. The van der Waals surface area contributed by atoms with Crippen molar-refractivity contribution in [1.82, 2.24) is 0 Å². The first-order chi connectivity index (χ1) is 14.2. The van der Waals surface area contributed by atoms with Gasteiger partial charge in [-0.1, -0.05) is 143 Å². The summed E-state index contributed by atoms with van der Waals surface area (Å²) in [7, 11) is 0. The highest BCUT2D eigenvalue weighted by Crippen LogP contribution is 2.18. The van der Waals surface area contributed by atoms with E-state index >= 15 is 0 Å². The van der Waals surface area contributed by atoms with Gasteiger partial charge in [-0.25, -0.2) is 0 Å². The van der Waals surface area contributed by atoms with Gasteiger partial charge >= 0.3 is 0 Å². The van der Waals surface area contributed by atoms with Crippen LogP contribution in [0.15, 0.2) is 24.7 Å². The molecule has 0 spiro atoms. The molecule has 0 bridgehead atoms. The fraction of sp³-hybridized carbons (Fsp3) is 0.857. The number of hydrogen-bond donors (Lipinski definition) is 0. The summed E-state index contributed by atoms with van der Waals surface area (Å²) in [6.07, 6.45) is 29.4. The van der Waals surface area contributed by atoms with Gasteiger partial charge in [0.05, 0.1) is 11.5 Å². The maximum absolute atomic E-state index is 5.83. The molecule has 0 saturated carbocycles. The van der Waals surface area contributed by atoms with E-state index in [9.17, 15) is 0 Å². The standard InChI is InChI=1S/C28H54O/c1-5-7-9-11-13-15-17-19-21-23-25-27(3)29-28(4)26-24-22-20-18-16-14-12-10-8-6-2/h3-26H2,1-2H3. The van der Waals surface area contributed by atoms with E-state index < -0.39 is 0 Å². The van der Waals surface area contributed by atoms with E-state index in [4.69, 9.17) is 4.74 Å². The molecule has 0 N–H and O–H groups in total. The maximum atomic E-state index is 5.83. The SMILES string of the molecule is C=C(CCCCCCCCCCCC)OC(=C)CCCCCCCCCCCC. The molecular formula is C28H54O. The second-order valence-electron chi connectivity index (χ2n) is 9.04. The van der Waals surface area contributed by atoms with Crippen LogP contribution in [0.4, 0.5) is 0 Å². The van der Waals surface area contributed by atoms with Crippen LogP contribution in [-0.4, -0.2) is 0 Å². The molecule has 0 unspecified atom stereocenters. The van der Waals surface area contributed by atoms with E-state index in [0.29, 0.717) is 0 Å². The number of allylic oxidation sites excluding steroid dienone is 2. The van der Waals surface area contributed by atoms with Crippen molar-refractivity contribution in [3.8, 4) is 0 Å². The molecule has 0 aromatic heterocycles. The van der Waals surface area contributed by atoms with Gasteiger partial charge in [0.2, 0.25) is 0 Å². The summed E-state index contributed by atoms with van der Waals surface area (Å²) >= 11 is 0. The van der Waals surface area contributed by atoms with Crippen LogP contribution in [0.5, 0.6) is 0 Å². The second kappa shape index (κ2) is 23.6. The van der Waals surface area contributed by atoms with Gasteiger partial charge in [-0.15, -0.1) is 0 Å². The number of unbranched alkanes of at least 4 members (excludes halogenated alkanes) is 18. The van der Waals surface area contributed by atoms with Gasteiger partial charge in [0, 0.05) is 12.8 Å². The third kappa shape index (κ3) is 23.4. The predicted octanol–water partition coefficient (Wildman–Crippen LogP) is 10.7. The molecule has 0 aromatic rings. The highest BCUT2D eigenvalue weighted by atomic mass is 16.5. The zero-order chi connectivity index (χ0) is 21.4. The van der Waals surface area contributed by atoms with Gasteiger partial charge in [0.1, 0.15) is 0 Å². The summed E-state index contributed by atoms with van der Waals surface area (Å²) in [5, 5.41) is 0. The molecule has 0 heterocycles. The first-order valence-corrected chi connectivity index (χ1v) is 13.2. The Balaban J connectivity index is 3.32. The lowest BCUT2D eigenvalue weighted by molar-refractivity contribution is 0.274. The molecule has 0 atom stereocenters. The van der Waals surface area contributed by atoms with E-state index in [1.807, 2.05) is 0 Å². The summed E-state index contributed by atoms with van der Waals surface area (Å²) < 4.78 is 5.83. The van der Waals surface area contributed by atoms with Crippen LogP contribution in [0.25, 0.3) is 0 Å². The highest BCUT2D eigenvalue weighted by Gasteiger charge is 2.01. The van der Waals surface area contributed by atoms with Crippen LogP contribution in [-0.2, 0) is 4.74 Å². The van der Waals surface area contributed by atoms with Gasteiger partial charge < -0.3 is 4.74 Å². The summed E-state index contributed by atoms with van der Waals surface area (Å²) in [6, 6.07) is 0. The van der Waals surface area contributed by atoms with E-state index in [1.54, 1.807) is 0 Å². The van der Waals surface area contributed by atoms with Crippen molar-refractivity contribution < 1.29 is 4.74 Å². The Morgan fingerprint density at radius 3 is 0.931 bits per heavy atom. The Morgan fingerprint density at radius 2 is 0.655 bits per heavy atom. The van der Waals surface area contributed by atoms with E-state index in [0.717, 1.165) is 24.4 Å². The second-order valence-corrected chi connectivity index (χ2v) is 9.04. The lowest BCUT2D eigenvalue weighted by Crippen LogP contribution is -1.93. The normalized spacial score (nSPS) is 11.0. The number of hydrogen-bond acceptors (Lipinski definition) is 1. The third-order valence-electron chi connectivity index (χ3n) is 5.91. The summed E-state index contributed by atoms with van der Waals surface area (Å²) in [5.41, 5.74) is 0. The molecule has 0 amide bonds. The third-order valence-corrected chi connectivity index (χ3v) is 5.91. The van der Waals surface area contributed by atoms with Crippen molar-refractivity contribution in [2.45, 2.75) is 155 Å². The van der Waals surface area contributed by atoms with Crippen LogP contribution < -0.4 is 0 Å². The zero-order valence-electron chi connectivity index (χ0n) is 20.4. The summed E-state index contributed by atoms with van der Waals surface area (Å²) in [6.45, 7) is 12.7. The highest BCUT2D eigenvalue weighted by molar-refractivity contribution is 4.93. The van der Waals surface area contributed by atoms with Crippen molar-refractivity contribution in [2.24, 2.45) is 0 Å². The van der Waals surface area contributed by atoms with Crippen molar-refractivity contribution in [3.05, 3.63) is 24.7 Å². The molecule has 0 aliphatic carbocycles. The molecule has 0 aromatic carbocycles. The van der Waals surface area contributed by atoms with E-state index in [-0.39, 0.29) is 0 Å². The molecule has 0 rings (SSSR count). The zero-order valence-corrected chi connectivity index (χ0v) is 20.4. The van der Waals surface area contributed by atoms with Gasteiger partial charge in [0.15, 0.2) is 0 Å². The van der Waals surface area contributed by atoms with Gasteiger partial charge in [0.25, 0.3) is 0 Å². The molecule has 0 radical (unpaired) electrons. The van der Waals surface area contributed by atoms with Crippen LogP contribution in [0.2, 0.25) is 0 Å². The predicted molar refractivity (Wildman–Crippen MR) is 132 cm³/mol. The average molecular weight is 407 g/mol. The lowest BCUT2D eigenvalue weighted by atomic mass is 10.1. The van der Waals surface area contributed by atoms with E-state index in [1.165, 1.54) is 128 Å². The molecule has 0 saturated heterocycles. The van der Waals surface area contributed by atoms with E-state index in [2.05, 4.69) is 27.0 Å². The molecule has 29 heavy (non-hydrogen) atoms. The lowest BCUT2D eigenvalue weighted by Gasteiger charge is -2.11. The van der Waals surface area contributed by atoms with Crippen LogP contribution in [0.3, 0.4) is 0 Å². The largest absolute Gasteiger partial charge is 0.467 e. The molecule has 0 fully saturated rings. The Kier molecular flexibility index (Phi) is 23.0. The maximum Gasteiger partial charge on any atom is 0.0964 e. The quantitative estimate of drug-likeness (QED) is 0.114. The van der Waals surface area contributed by atoms with Gasteiger partial charge in [-0.05, 0) is 12.8 Å². The van der Waals surface area contributed by atoms with Gasteiger partial charge in [-0.2, -0.15) is 0 Å². The molecular weight excluding hydrogens is 352 g/mol. The van der Waals surface area contributed by atoms with Crippen molar-refractivity contribution in [2.75, 3.05) is 0 Å². The minimum Gasteiger partial charge on any atom is -0.467 e. The summed E-state index contributed by atoms with van der Waals surface area (Å²) in [5.74, 6) is 1.84. The Hall–Kier alpha value is -0.720. The molecule has 0 aliphatic rings. The first-order valence-electron chi connectivity index (χ1n) is 13.2. The van der Waals surface area contributed by atoms with Crippen LogP contribution in [0.1, 0.15) is 155 Å². The molecule has 0 aliphatic heterocycles. The first kappa shape index (κ1) is 28.3. The molecule has 1 nitrogen and oxygen atoms in total. The van der Waals surface area contributed by atoms with Crippen LogP contribution >= 0.6 is 0 Å².